The average molecular weight is 254 g/mol. The Morgan fingerprint density at radius 1 is 1.50 bits per heavy atom. The molecule has 1 unspecified atom stereocenters. The quantitative estimate of drug-likeness (QED) is 0.753. The van der Waals surface area contributed by atoms with Crippen LogP contribution in [0.15, 0.2) is 0 Å². The van der Waals surface area contributed by atoms with Crippen LogP contribution in [0.2, 0.25) is 0 Å². The van der Waals surface area contributed by atoms with Crippen LogP contribution in [0, 0.1) is 11.8 Å². The minimum absolute atomic E-state index is 0.0444. The SMILES string of the molecule is CCCCN1CC(C(=O)NCCC(C)C)CC1=O. The van der Waals surface area contributed by atoms with Gasteiger partial charge in [0.05, 0.1) is 5.92 Å². The topological polar surface area (TPSA) is 49.4 Å². The summed E-state index contributed by atoms with van der Waals surface area (Å²) < 4.78 is 0. The van der Waals surface area contributed by atoms with Crippen molar-refractivity contribution in [3.63, 3.8) is 0 Å². The zero-order valence-electron chi connectivity index (χ0n) is 11.9. The molecule has 0 aliphatic carbocycles. The molecule has 0 aromatic heterocycles. The number of likely N-dealkylation sites (tertiary alicyclic amines) is 1. The summed E-state index contributed by atoms with van der Waals surface area (Å²) in [4.78, 5) is 25.5. The van der Waals surface area contributed by atoms with Gasteiger partial charge in [0.15, 0.2) is 0 Å². The molecular weight excluding hydrogens is 228 g/mol. The molecule has 4 heteroatoms. The summed E-state index contributed by atoms with van der Waals surface area (Å²) in [5.41, 5.74) is 0. The predicted octanol–water partition coefficient (Wildman–Crippen LogP) is 1.80. The van der Waals surface area contributed by atoms with Crippen molar-refractivity contribution in [2.45, 2.75) is 46.5 Å². The maximum atomic E-state index is 11.9. The lowest BCUT2D eigenvalue weighted by Crippen LogP contribution is -2.34. The van der Waals surface area contributed by atoms with Crippen molar-refractivity contribution in [1.82, 2.24) is 10.2 Å². The molecule has 1 N–H and O–H groups in total. The van der Waals surface area contributed by atoms with E-state index in [1.165, 1.54) is 0 Å². The van der Waals surface area contributed by atoms with Crippen molar-refractivity contribution in [2.24, 2.45) is 11.8 Å². The Kier molecular flexibility index (Phi) is 6.16. The van der Waals surface area contributed by atoms with Crippen LogP contribution in [0.4, 0.5) is 0 Å². The lowest BCUT2D eigenvalue weighted by molar-refractivity contribution is -0.129. The maximum Gasteiger partial charge on any atom is 0.225 e. The second-order valence-corrected chi connectivity index (χ2v) is 5.57. The fourth-order valence-electron chi connectivity index (χ4n) is 2.14. The summed E-state index contributed by atoms with van der Waals surface area (Å²) >= 11 is 0. The fraction of sp³-hybridized carbons (Fsp3) is 0.857. The Balaban J connectivity index is 2.30. The number of nitrogens with zero attached hydrogens (tertiary/aromatic N) is 1. The van der Waals surface area contributed by atoms with Crippen LogP contribution in [-0.2, 0) is 9.59 Å². The fourth-order valence-corrected chi connectivity index (χ4v) is 2.14. The van der Waals surface area contributed by atoms with Gasteiger partial charge in [0.2, 0.25) is 11.8 Å². The monoisotopic (exact) mass is 254 g/mol. The Bertz CT molecular complexity index is 290. The smallest absolute Gasteiger partial charge is 0.225 e. The van der Waals surface area contributed by atoms with E-state index in [0.717, 1.165) is 32.4 Å². The molecule has 2 amide bonds. The van der Waals surface area contributed by atoms with E-state index in [0.29, 0.717) is 18.9 Å². The highest BCUT2D eigenvalue weighted by atomic mass is 16.2. The Labute approximate surface area is 110 Å². The highest BCUT2D eigenvalue weighted by Gasteiger charge is 2.33. The largest absolute Gasteiger partial charge is 0.356 e. The first-order chi connectivity index (χ1) is 8.54. The van der Waals surface area contributed by atoms with E-state index in [1.807, 2.05) is 4.90 Å². The van der Waals surface area contributed by atoms with E-state index in [1.54, 1.807) is 0 Å². The van der Waals surface area contributed by atoms with Crippen LogP contribution in [0.25, 0.3) is 0 Å². The first kappa shape index (κ1) is 15.0. The first-order valence-electron chi connectivity index (χ1n) is 7.10. The average Bonchev–Trinajstić information content (AvgIpc) is 2.67. The van der Waals surface area contributed by atoms with Crippen LogP contribution in [-0.4, -0.2) is 36.3 Å². The van der Waals surface area contributed by atoms with Gasteiger partial charge in [-0.2, -0.15) is 0 Å². The Morgan fingerprint density at radius 3 is 2.83 bits per heavy atom. The molecule has 0 radical (unpaired) electrons. The van der Waals surface area contributed by atoms with Crippen LogP contribution in [0.3, 0.4) is 0 Å². The van der Waals surface area contributed by atoms with E-state index >= 15 is 0 Å². The molecular formula is C14H26N2O2. The van der Waals surface area contributed by atoms with Crippen molar-refractivity contribution < 1.29 is 9.59 Å². The van der Waals surface area contributed by atoms with E-state index < -0.39 is 0 Å². The lowest BCUT2D eigenvalue weighted by atomic mass is 10.1. The van der Waals surface area contributed by atoms with E-state index in [-0.39, 0.29) is 17.7 Å². The van der Waals surface area contributed by atoms with E-state index in [2.05, 4.69) is 26.1 Å². The molecule has 4 nitrogen and oxygen atoms in total. The van der Waals surface area contributed by atoms with E-state index in [4.69, 9.17) is 0 Å². The number of carbonyl (C=O) groups excluding carboxylic acids is 2. The van der Waals surface area contributed by atoms with Crippen molar-refractivity contribution in [3.8, 4) is 0 Å². The lowest BCUT2D eigenvalue weighted by Gasteiger charge is -2.16. The number of nitrogens with one attached hydrogen (secondary N) is 1. The summed E-state index contributed by atoms with van der Waals surface area (Å²) in [5, 5.41) is 2.94. The van der Waals surface area contributed by atoms with Gasteiger partial charge in [0.25, 0.3) is 0 Å². The molecule has 104 valence electrons. The Hall–Kier alpha value is -1.06. The van der Waals surface area contributed by atoms with Crippen molar-refractivity contribution >= 4 is 11.8 Å². The number of hydrogen-bond acceptors (Lipinski definition) is 2. The molecule has 0 aromatic carbocycles. The minimum Gasteiger partial charge on any atom is -0.356 e. The van der Waals surface area contributed by atoms with Gasteiger partial charge in [-0.3, -0.25) is 9.59 Å². The second-order valence-electron chi connectivity index (χ2n) is 5.57. The third-order valence-corrected chi connectivity index (χ3v) is 3.39. The minimum atomic E-state index is -0.137. The summed E-state index contributed by atoms with van der Waals surface area (Å²) in [6.45, 7) is 8.50. The van der Waals surface area contributed by atoms with E-state index in [9.17, 15) is 9.59 Å². The molecule has 1 aliphatic heterocycles. The summed E-state index contributed by atoms with van der Waals surface area (Å²) in [6.07, 6.45) is 3.48. The van der Waals surface area contributed by atoms with Gasteiger partial charge in [-0.15, -0.1) is 0 Å². The molecule has 0 spiro atoms. The summed E-state index contributed by atoms with van der Waals surface area (Å²) in [5.74, 6) is 0.633. The molecule has 1 rings (SSSR count). The number of rotatable bonds is 7. The molecule has 1 saturated heterocycles. The van der Waals surface area contributed by atoms with Gasteiger partial charge >= 0.3 is 0 Å². The Morgan fingerprint density at radius 2 is 2.22 bits per heavy atom. The zero-order chi connectivity index (χ0) is 13.5. The maximum absolute atomic E-state index is 11.9. The first-order valence-corrected chi connectivity index (χ1v) is 7.10. The van der Waals surface area contributed by atoms with Gasteiger partial charge in [-0.1, -0.05) is 27.2 Å². The van der Waals surface area contributed by atoms with Crippen molar-refractivity contribution in [2.75, 3.05) is 19.6 Å². The van der Waals surface area contributed by atoms with Gasteiger partial charge in [-0.05, 0) is 18.8 Å². The molecule has 1 aliphatic rings. The van der Waals surface area contributed by atoms with Gasteiger partial charge in [0, 0.05) is 26.1 Å². The molecule has 1 atom stereocenters. The molecule has 18 heavy (non-hydrogen) atoms. The summed E-state index contributed by atoms with van der Waals surface area (Å²) in [7, 11) is 0. The highest BCUT2D eigenvalue weighted by Crippen LogP contribution is 2.18. The third kappa shape index (κ3) is 4.67. The molecule has 0 aromatic rings. The van der Waals surface area contributed by atoms with Gasteiger partial charge in [0.1, 0.15) is 0 Å². The normalized spacial score (nSPS) is 19.7. The highest BCUT2D eigenvalue weighted by molar-refractivity contribution is 5.89. The molecule has 0 saturated carbocycles. The number of unbranched alkanes of at least 4 members (excludes halogenated alkanes) is 1. The number of carbonyl (C=O) groups is 2. The third-order valence-electron chi connectivity index (χ3n) is 3.39. The van der Waals surface area contributed by atoms with Crippen LogP contribution < -0.4 is 5.32 Å². The number of amides is 2. The molecule has 1 heterocycles. The van der Waals surface area contributed by atoms with Crippen molar-refractivity contribution in [3.05, 3.63) is 0 Å². The van der Waals surface area contributed by atoms with Crippen LogP contribution in [0.5, 0.6) is 0 Å². The zero-order valence-corrected chi connectivity index (χ0v) is 11.9. The van der Waals surface area contributed by atoms with Crippen LogP contribution >= 0.6 is 0 Å². The molecule has 1 fully saturated rings. The second kappa shape index (κ2) is 7.39. The van der Waals surface area contributed by atoms with Gasteiger partial charge < -0.3 is 10.2 Å². The predicted molar refractivity (Wildman–Crippen MR) is 72.1 cm³/mol. The van der Waals surface area contributed by atoms with Crippen molar-refractivity contribution in [1.29, 1.82) is 0 Å². The standard InChI is InChI=1S/C14H26N2O2/c1-4-5-8-16-10-12(9-13(16)17)14(18)15-7-6-11(2)3/h11-12H,4-10H2,1-3H3,(H,15,18). The van der Waals surface area contributed by atoms with Crippen LogP contribution in [0.1, 0.15) is 46.5 Å². The van der Waals surface area contributed by atoms with Gasteiger partial charge in [-0.25, -0.2) is 0 Å². The number of hydrogen-bond donors (Lipinski definition) is 1. The molecule has 0 bridgehead atoms. The summed E-state index contributed by atoms with van der Waals surface area (Å²) in [6, 6.07) is 0.